The Morgan fingerprint density at radius 3 is 3.05 bits per heavy atom. The molecule has 3 rings (SSSR count). The van der Waals surface area contributed by atoms with E-state index in [9.17, 15) is 0 Å². The highest BCUT2D eigenvalue weighted by atomic mass is 15.2. The van der Waals surface area contributed by atoms with E-state index in [1.54, 1.807) is 0 Å². The smallest absolute Gasteiger partial charge is 0.0672 e. The van der Waals surface area contributed by atoms with Gasteiger partial charge in [-0.1, -0.05) is 0 Å². The Morgan fingerprint density at radius 1 is 1.42 bits per heavy atom. The van der Waals surface area contributed by atoms with Crippen molar-refractivity contribution in [2.75, 3.05) is 37.8 Å². The molecule has 2 heterocycles. The van der Waals surface area contributed by atoms with Gasteiger partial charge in [0.15, 0.2) is 0 Å². The second-order valence-corrected chi connectivity index (χ2v) is 5.57. The molecular weight excluding hydrogens is 238 g/mol. The Hall–Kier alpha value is -1.75. The first-order valence-corrected chi connectivity index (χ1v) is 6.79. The summed E-state index contributed by atoms with van der Waals surface area (Å²) in [6.45, 7) is 2.12. The quantitative estimate of drug-likeness (QED) is 0.806. The zero-order valence-electron chi connectivity index (χ0n) is 11.6. The zero-order chi connectivity index (χ0) is 13.4. The molecule has 5 heteroatoms. The van der Waals surface area contributed by atoms with Crippen LogP contribution in [0.2, 0.25) is 0 Å². The second-order valence-electron chi connectivity index (χ2n) is 5.57. The number of likely N-dealkylation sites (N-methyl/N-ethyl adjacent to an activating group) is 1. The Labute approximate surface area is 113 Å². The molecule has 1 atom stereocenters. The molecular formula is C14H21N5. The maximum absolute atomic E-state index is 6.20. The molecule has 1 aliphatic heterocycles. The number of benzene rings is 1. The van der Waals surface area contributed by atoms with Gasteiger partial charge in [0.05, 0.1) is 23.1 Å². The summed E-state index contributed by atoms with van der Waals surface area (Å²) in [6, 6.07) is 4.73. The van der Waals surface area contributed by atoms with Crippen molar-refractivity contribution < 1.29 is 0 Å². The van der Waals surface area contributed by atoms with Crippen LogP contribution in [0.25, 0.3) is 10.9 Å². The van der Waals surface area contributed by atoms with E-state index in [4.69, 9.17) is 5.73 Å². The van der Waals surface area contributed by atoms with E-state index in [-0.39, 0.29) is 0 Å². The molecule has 0 aliphatic carbocycles. The van der Waals surface area contributed by atoms with E-state index in [1.807, 2.05) is 12.3 Å². The molecule has 102 valence electrons. The van der Waals surface area contributed by atoms with Crippen molar-refractivity contribution in [2.24, 2.45) is 0 Å². The molecule has 0 saturated carbocycles. The maximum atomic E-state index is 6.20. The third-order valence-electron chi connectivity index (χ3n) is 4.05. The summed E-state index contributed by atoms with van der Waals surface area (Å²) in [6.07, 6.45) is 4.29. The molecule has 5 nitrogen and oxygen atoms in total. The highest BCUT2D eigenvalue weighted by Crippen LogP contribution is 2.30. The number of fused-ring (bicyclic) bond motifs is 1. The SMILES string of the molecule is CN(C)C1CCCN(c2cc3[nH]ncc3cc2N)C1. The first-order chi connectivity index (χ1) is 9.15. The summed E-state index contributed by atoms with van der Waals surface area (Å²) in [5, 5.41) is 8.15. The standard InChI is InChI=1S/C14H21N5/c1-18(2)11-4-3-5-19(9-11)14-7-13-10(6-12(14)15)8-16-17-13/h6-8,11H,3-5,9,15H2,1-2H3,(H,16,17). The number of nitrogens with zero attached hydrogens (tertiary/aromatic N) is 3. The lowest BCUT2D eigenvalue weighted by Crippen LogP contribution is -2.45. The number of hydrogen-bond donors (Lipinski definition) is 2. The van der Waals surface area contributed by atoms with Crippen molar-refractivity contribution in [2.45, 2.75) is 18.9 Å². The van der Waals surface area contributed by atoms with Crippen LogP contribution in [0, 0.1) is 0 Å². The molecule has 1 aliphatic rings. The Bertz CT molecular complexity index is 574. The van der Waals surface area contributed by atoms with Gasteiger partial charge in [0, 0.05) is 24.5 Å². The summed E-state index contributed by atoms with van der Waals surface area (Å²) in [7, 11) is 4.30. The maximum Gasteiger partial charge on any atom is 0.0672 e. The largest absolute Gasteiger partial charge is 0.397 e. The van der Waals surface area contributed by atoms with Gasteiger partial charge in [-0.2, -0.15) is 5.10 Å². The molecule has 1 saturated heterocycles. The number of aromatic nitrogens is 2. The number of hydrogen-bond acceptors (Lipinski definition) is 4. The molecule has 0 amide bonds. The normalized spacial score (nSPS) is 20.4. The van der Waals surface area contributed by atoms with Gasteiger partial charge in [0.25, 0.3) is 0 Å². The third kappa shape index (κ3) is 2.26. The number of piperidine rings is 1. The predicted molar refractivity (Wildman–Crippen MR) is 79.4 cm³/mol. The van der Waals surface area contributed by atoms with E-state index < -0.39 is 0 Å². The monoisotopic (exact) mass is 259 g/mol. The van der Waals surface area contributed by atoms with E-state index in [0.717, 1.165) is 35.4 Å². The number of anilines is 2. The van der Waals surface area contributed by atoms with Gasteiger partial charge in [-0.3, -0.25) is 5.10 Å². The molecule has 1 aromatic carbocycles. The topological polar surface area (TPSA) is 61.2 Å². The van der Waals surface area contributed by atoms with Gasteiger partial charge in [0.1, 0.15) is 0 Å². The number of rotatable bonds is 2. The van der Waals surface area contributed by atoms with E-state index in [2.05, 4.69) is 40.2 Å². The van der Waals surface area contributed by atoms with Gasteiger partial charge >= 0.3 is 0 Å². The molecule has 1 unspecified atom stereocenters. The van der Waals surface area contributed by atoms with E-state index >= 15 is 0 Å². The van der Waals surface area contributed by atoms with Crippen LogP contribution in [0.1, 0.15) is 12.8 Å². The fourth-order valence-electron chi connectivity index (χ4n) is 2.87. The summed E-state index contributed by atoms with van der Waals surface area (Å²) in [4.78, 5) is 4.70. The van der Waals surface area contributed by atoms with Crippen LogP contribution in [-0.4, -0.2) is 48.3 Å². The van der Waals surface area contributed by atoms with Crippen LogP contribution in [0.3, 0.4) is 0 Å². The van der Waals surface area contributed by atoms with Crippen LogP contribution < -0.4 is 10.6 Å². The van der Waals surface area contributed by atoms with Gasteiger partial charge < -0.3 is 15.5 Å². The molecule has 0 bridgehead atoms. The summed E-state index contributed by atoms with van der Waals surface area (Å²) in [5.41, 5.74) is 9.22. The first-order valence-electron chi connectivity index (χ1n) is 6.79. The average molecular weight is 259 g/mol. The zero-order valence-corrected chi connectivity index (χ0v) is 11.6. The van der Waals surface area contributed by atoms with Gasteiger partial charge in [0.2, 0.25) is 0 Å². The summed E-state index contributed by atoms with van der Waals surface area (Å²) in [5.74, 6) is 0. The van der Waals surface area contributed by atoms with Crippen molar-refractivity contribution >= 4 is 22.3 Å². The van der Waals surface area contributed by atoms with Crippen LogP contribution in [0.5, 0.6) is 0 Å². The minimum atomic E-state index is 0.602. The van der Waals surface area contributed by atoms with Crippen LogP contribution in [0.4, 0.5) is 11.4 Å². The van der Waals surface area contributed by atoms with Gasteiger partial charge in [-0.15, -0.1) is 0 Å². The summed E-state index contributed by atoms with van der Waals surface area (Å²) >= 11 is 0. The fourth-order valence-corrected chi connectivity index (χ4v) is 2.87. The molecule has 19 heavy (non-hydrogen) atoms. The Kier molecular flexibility index (Phi) is 3.06. The van der Waals surface area contributed by atoms with Crippen LogP contribution in [-0.2, 0) is 0 Å². The van der Waals surface area contributed by atoms with Crippen LogP contribution in [0.15, 0.2) is 18.3 Å². The number of H-pyrrole nitrogens is 1. The van der Waals surface area contributed by atoms with Gasteiger partial charge in [-0.05, 0) is 39.1 Å². The second kappa shape index (κ2) is 4.74. The van der Waals surface area contributed by atoms with Crippen molar-refractivity contribution in [1.82, 2.24) is 15.1 Å². The van der Waals surface area contributed by atoms with Crippen molar-refractivity contribution in [1.29, 1.82) is 0 Å². The molecule has 3 N–H and O–H groups in total. The Balaban J connectivity index is 1.92. The highest BCUT2D eigenvalue weighted by molar-refractivity contribution is 5.88. The Morgan fingerprint density at radius 2 is 2.26 bits per heavy atom. The number of aromatic amines is 1. The minimum Gasteiger partial charge on any atom is -0.397 e. The lowest BCUT2D eigenvalue weighted by Gasteiger charge is -2.38. The predicted octanol–water partition coefficient (Wildman–Crippen LogP) is 1.68. The molecule has 0 spiro atoms. The molecule has 2 aromatic rings. The van der Waals surface area contributed by atoms with Crippen molar-refractivity contribution in [3.8, 4) is 0 Å². The van der Waals surface area contributed by atoms with Crippen molar-refractivity contribution in [3.05, 3.63) is 18.3 Å². The van der Waals surface area contributed by atoms with E-state index in [1.165, 1.54) is 12.8 Å². The third-order valence-corrected chi connectivity index (χ3v) is 4.05. The minimum absolute atomic E-state index is 0.602. The van der Waals surface area contributed by atoms with Crippen LogP contribution >= 0.6 is 0 Å². The molecule has 1 aromatic heterocycles. The lowest BCUT2D eigenvalue weighted by molar-refractivity contribution is 0.258. The fraction of sp³-hybridized carbons (Fsp3) is 0.500. The number of nitrogens with one attached hydrogen (secondary N) is 1. The van der Waals surface area contributed by atoms with Gasteiger partial charge in [-0.25, -0.2) is 0 Å². The lowest BCUT2D eigenvalue weighted by atomic mass is 10.0. The summed E-state index contributed by atoms with van der Waals surface area (Å²) < 4.78 is 0. The van der Waals surface area contributed by atoms with Crippen molar-refractivity contribution in [3.63, 3.8) is 0 Å². The molecule has 0 radical (unpaired) electrons. The highest BCUT2D eigenvalue weighted by Gasteiger charge is 2.23. The number of nitrogens with two attached hydrogens (primary N) is 1. The first kappa shape index (κ1) is 12.3. The molecule has 1 fully saturated rings. The average Bonchev–Trinajstić information content (AvgIpc) is 2.85. The van der Waals surface area contributed by atoms with E-state index in [0.29, 0.717) is 6.04 Å². The number of nitrogen functional groups attached to an aromatic ring is 1.